The van der Waals surface area contributed by atoms with Gasteiger partial charge in [0.05, 0.1) is 11.5 Å². The van der Waals surface area contributed by atoms with Crippen molar-refractivity contribution in [1.29, 1.82) is 0 Å². The van der Waals surface area contributed by atoms with Gasteiger partial charge in [0.15, 0.2) is 5.79 Å². The van der Waals surface area contributed by atoms with Gasteiger partial charge in [-0.15, -0.1) is 0 Å². The quantitative estimate of drug-likeness (QED) is 0.363. The van der Waals surface area contributed by atoms with Crippen LogP contribution in [0.15, 0.2) is 0 Å². The lowest BCUT2D eigenvalue weighted by atomic mass is 9.47. The van der Waals surface area contributed by atoms with E-state index in [1.807, 2.05) is 6.92 Å². The van der Waals surface area contributed by atoms with Crippen molar-refractivity contribution in [3.05, 3.63) is 0 Å². The predicted molar refractivity (Wildman–Crippen MR) is 97.8 cm³/mol. The first-order chi connectivity index (χ1) is 12.6. The number of hydrogen-bond acceptors (Lipinski definition) is 7. The van der Waals surface area contributed by atoms with Crippen molar-refractivity contribution in [3.8, 4) is 0 Å². The van der Waals surface area contributed by atoms with E-state index in [-0.39, 0.29) is 18.8 Å². The Labute approximate surface area is 165 Å². The molecule has 160 valence electrons. The molecule has 2 saturated heterocycles. The Hall–Kier alpha value is -0.280. The monoisotopic (exact) mass is 398 g/mol. The summed E-state index contributed by atoms with van der Waals surface area (Å²) in [5.74, 6) is -2.67. The van der Waals surface area contributed by atoms with Crippen LogP contribution in [0.5, 0.6) is 0 Å². The third-order valence-electron chi connectivity index (χ3n) is 11.0. The van der Waals surface area contributed by atoms with Gasteiger partial charge in [-0.1, -0.05) is 41.5 Å². The Morgan fingerprint density at radius 3 is 2.07 bits per heavy atom. The van der Waals surface area contributed by atoms with E-state index in [2.05, 4.69) is 0 Å². The minimum absolute atomic E-state index is 0.131. The van der Waals surface area contributed by atoms with Crippen LogP contribution in [0.25, 0.3) is 0 Å². The molecular formula is C21H34O7. The van der Waals surface area contributed by atoms with Gasteiger partial charge in [0.25, 0.3) is 0 Å². The Morgan fingerprint density at radius 1 is 0.964 bits per heavy atom. The van der Waals surface area contributed by atoms with Crippen LogP contribution in [-0.4, -0.2) is 71.0 Å². The molecule has 7 nitrogen and oxygen atoms in total. The number of hydrogen-bond donors (Lipinski definition) is 6. The molecule has 0 aromatic rings. The maximum atomic E-state index is 12.3. The van der Waals surface area contributed by atoms with Gasteiger partial charge in [-0.2, -0.15) is 0 Å². The highest BCUT2D eigenvalue weighted by atomic mass is 16.7. The molecule has 11 atom stereocenters. The molecule has 1 spiro atoms. The second-order valence-corrected chi connectivity index (χ2v) is 11.4. The summed E-state index contributed by atoms with van der Waals surface area (Å²) in [5, 5.41) is 71.1. The molecule has 28 heavy (non-hydrogen) atoms. The zero-order valence-corrected chi connectivity index (χ0v) is 17.5. The van der Waals surface area contributed by atoms with Gasteiger partial charge in [-0.25, -0.2) is 0 Å². The van der Waals surface area contributed by atoms with E-state index in [9.17, 15) is 30.6 Å². The normalized spacial score (nSPS) is 72.1. The molecule has 6 fully saturated rings. The summed E-state index contributed by atoms with van der Waals surface area (Å²) in [7, 11) is 0. The van der Waals surface area contributed by atoms with Crippen LogP contribution >= 0.6 is 0 Å². The first kappa shape index (κ1) is 19.7. The zero-order valence-electron chi connectivity index (χ0n) is 17.5. The number of ether oxygens (including phenoxy) is 1. The topological polar surface area (TPSA) is 131 Å². The highest BCUT2D eigenvalue weighted by Gasteiger charge is 3.07. The minimum atomic E-state index is -1.96. The average molecular weight is 398 g/mol. The summed E-state index contributed by atoms with van der Waals surface area (Å²) in [6.45, 7) is 10.3. The van der Waals surface area contributed by atoms with Crippen LogP contribution in [0.3, 0.4) is 0 Å². The molecule has 6 aliphatic rings. The van der Waals surface area contributed by atoms with Crippen LogP contribution in [0.4, 0.5) is 0 Å². The summed E-state index contributed by atoms with van der Waals surface area (Å²) in [4.78, 5) is 0. The summed E-state index contributed by atoms with van der Waals surface area (Å²) in [5.41, 5.74) is -11.6. The van der Waals surface area contributed by atoms with Gasteiger partial charge in [-0.3, -0.25) is 0 Å². The van der Waals surface area contributed by atoms with E-state index in [1.165, 1.54) is 0 Å². The second-order valence-electron chi connectivity index (χ2n) is 11.4. The molecule has 7 heteroatoms. The lowest BCUT2D eigenvalue weighted by Gasteiger charge is -2.61. The van der Waals surface area contributed by atoms with E-state index >= 15 is 0 Å². The molecule has 2 heterocycles. The predicted octanol–water partition coefficient (Wildman–Crippen LogP) is -0.105. The lowest BCUT2D eigenvalue weighted by molar-refractivity contribution is -0.390. The van der Waals surface area contributed by atoms with Crippen LogP contribution < -0.4 is 0 Å². The Kier molecular flexibility index (Phi) is 3.06. The van der Waals surface area contributed by atoms with Gasteiger partial charge < -0.3 is 35.4 Å². The van der Waals surface area contributed by atoms with Crippen LogP contribution in [0.2, 0.25) is 0 Å². The second kappa shape index (κ2) is 4.35. The first-order valence-corrected chi connectivity index (χ1v) is 10.5. The molecule has 6 rings (SSSR count). The van der Waals surface area contributed by atoms with Crippen molar-refractivity contribution in [2.45, 2.75) is 101 Å². The van der Waals surface area contributed by atoms with Gasteiger partial charge in [-0.05, 0) is 24.7 Å². The third kappa shape index (κ3) is 1.13. The van der Waals surface area contributed by atoms with Gasteiger partial charge in [0.2, 0.25) is 0 Å². The third-order valence-corrected chi connectivity index (χ3v) is 11.0. The number of aliphatic hydroxyl groups excluding tert-OH is 2. The Bertz CT molecular complexity index is 789. The van der Waals surface area contributed by atoms with Crippen molar-refractivity contribution < 1.29 is 35.4 Å². The smallest absolute Gasteiger partial charge is 0.176 e. The molecule has 6 bridgehead atoms. The SMILES string of the molecule is CC1CCC2(O)C3(C)CC4(O)OC2(C1O)C1(C)C3(O)C(O)C(O)(C(C)C)C41C. The Balaban J connectivity index is 1.97. The fourth-order valence-electron chi connectivity index (χ4n) is 9.48. The highest BCUT2D eigenvalue weighted by Crippen LogP contribution is 2.93. The number of aliphatic hydroxyl groups is 6. The van der Waals surface area contributed by atoms with Crippen LogP contribution in [-0.2, 0) is 4.74 Å². The molecule has 0 amide bonds. The van der Waals surface area contributed by atoms with E-state index in [0.717, 1.165) is 0 Å². The van der Waals surface area contributed by atoms with E-state index in [1.54, 1.807) is 34.6 Å². The molecule has 2 aliphatic heterocycles. The molecule has 11 unspecified atom stereocenters. The van der Waals surface area contributed by atoms with Crippen LogP contribution in [0.1, 0.15) is 60.8 Å². The van der Waals surface area contributed by atoms with E-state index < -0.39 is 62.6 Å². The fraction of sp³-hybridized carbons (Fsp3) is 1.00. The largest absolute Gasteiger partial charge is 0.390 e. The highest BCUT2D eigenvalue weighted by molar-refractivity contribution is 5.53. The minimum Gasteiger partial charge on any atom is -0.390 e. The summed E-state index contributed by atoms with van der Waals surface area (Å²) >= 11 is 0. The lowest BCUT2D eigenvalue weighted by Crippen LogP contribution is -2.73. The van der Waals surface area contributed by atoms with E-state index in [4.69, 9.17) is 4.74 Å². The maximum Gasteiger partial charge on any atom is 0.176 e. The molecule has 4 aliphatic carbocycles. The fourth-order valence-corrected chi connectivity index (χ4v) is 9.48. The maximum absolute atomic E-state index is 12.3. The molecule has 4 saturated carbocycles. The molecule has 0 aromatic carbocycles. The number of rotatable bonds is 1. The zero-order chi connectivity index (χ0) is 21.1. The van der Waals surface area contributed by atoms with Crippen molar-refractivity contribution in [2.75, 3.05) is 0 Å². The summed E-state index contributed by atoms with van der Waals surface area (Å²) < 4.78 is 6.30. The Morgan fingerprint density at radius 2 is 1.54 bits per heavy atom. The van der Waals surface area contributed by atoms with Crippen molar-refractivity contribution in [2.24, 2.45) is 28.1 Å². The summed E-state index contributed by atoms with van der Waals surface area (Å²) in [6, 6.07) is 0. The van der Waals surface area contributed by atoms with Crippen LogP contribution in [0, 0.1) is 28.1 Å². The van der Waals surface area contributed by atoms with Gasteiger partial charge in [0.1, 0.15) is 28.5 Å². The van der Waals surface area contributed by atoms with Gasteiger partial charge in [0, 0.05) is 17.3 Å². The molecular weight excluding hydrogens is 364 g/mol. The van der Waals surface area contributed by atoms with Gasteiger partial charge >= 0.3 is 0 Å². The molecule has 0 radical (unpaired) electrons. The van der Waals surface area contributed by atoms with Crippen molar-refractivity contribution >= 4 is 0 Å². The standard InChI is InChI=1S/C21H34O7/c1-10(2)19(26)13(23)20(27)14(4)9-18(25)15(19,5)16(20,6)21(28-18)12(22)11(3)7-8-17(14,21)24/h10-13,22-27H,7-9H2,1-6H3. The molecule has 6 N–H and O–H groups in total. The first-order valence-electron chi connectivity index (χ1n) is 10.5. The van der Waals surface area contributed by atoms with Crippen molar-refractivity contribution in [1.82, 2.24) is 0 Å². The van der Waals surface area contributed by atoms with E-state index in [0.29, 0.717) is 6.42 Å². The molecule has 0 aromatic heterocycles. The van der Waals surface area contributed by atoms with Crippen molar-refractivity contribution in [3.63, 3.8) is 0 Å². The summed E-state index contributed by atoms with van der Waals surface area (Å²) in [6.07, 6.45) is -2.11. The average Bonchev–Trinajstić information content (AvgIpc) is 2.84.